The maximum Gasteiger partial charge on any atom is 0.407 e. The fourth-order valence-corrected chi connectivity index (χ4v) is 4.76. The molecule has 1 aliphatic rings. The standard InChI is InChI=1S/C30H24FNO4/c31-27-16-19(14-15-21(27)20-8-2-1-3-9-20)17-28(29(33)34)32-30(35)36-18-26-24-12-6-4-10-22(24)23-11-5-7-13-25(23)26/h1-16,26,28H,17-18H2,(H,32,35)(H,33,34)/t28-/m0/s1. The van der Waals surface area contributed by atoms with Crippen LogP contribution < -0.4 is 5.32 Å². The first-order valence-electron chi connectivity index (χ1n) is 11.7. The molecule has 0 aliphatic heterocycles. The highest BCUT2D eigenvalue weighted by Crippen LogP contribution is 2.44. The number of aliphatic carboxylic acids is 1. The molecular weight excluding hydrogens is 457 g/mol. The van der Waals surface area contributed by atoms with Crippen molar-refractivity contribution in [3.8, 4) is 22.3 Å². The minimum atomic E-state index is -1.26. The molecule has 0 radical (unpaired) electrons. The van der Waals surface area contributed by atoms with E-state index in [-0.39, 0.29) is 18.9 Å². The van der Waals surface area contributed by atoms with E-state index in [1.165, 1.54) is 6.07 Å². The number of carbonyl (C=O) groups excluding carboxylic acids is 1. The van der Waals surface area contributed by atoms with Crippen molar-refractivity contribution in [1.82, 2.24) is 5.32 Å². The number of hydrogen-bond acceptors (Lipinski definition) is 3. The first-order chi connectivity index (χ1) is 17.5. The zero-order chi connectivity index (χ0) is 25.1. The number of fused-ring (bicyclic) bond motifs is 3. The van der Waals surface area contributed by atoms with Crippen molar-refractivity contribution in [2.24, 2.45) is 0 Å². The molecule has 0 unspecified atom stereocenters. The van der Waals surface area contributed by atoms with Crippen LogP contribution in [0.3, 0.4) is 0 Å². The highest BCUT2D eigenvalue weighted by molar-refractivity contribution is 5.81. The molecule has 36 heavy (non-hydrogen) atoms. The summed E-state index contributed by atoms with van der Waals surface area (Å²) in [4.78, 5) is 24.4. The Hall–Kier alpha value is -4.45. The number of benzene rings is 4. The summed E-state index contributed by atoms with van der Waals surface area (Å²) in [5.74, 6) is -1.81. The molecule has 5 nitrogen and oxygen atoms in total. The van der Waals surface area contributed by atoms with Gasteiger partial charge in [0.15, 0.2) is 0 Å². The Bertz CT molecular complexity index is 1370. The topological polar surface area (TPSA) is 75.6 Å². The van der Waals surface area contributed by atoms with Gasteiger partial charge in [-0.1, -0.05) is 91.0 Å². The lowest BCUT2D eigenvalue weighted by atomic mass is 9.98. The molecule has 4 aromatic rings. The van der Waals surface area contributed by atoms with Gasteiger partial charge < -0.3 is 15.2 Å². The minimum absolute atomic E-state index is 0.0760. The predicted molar refractivity (Wildman–Crippen MR) is 135 cm³/mol. The van der Waals surface area contributed by atoms with E-state index in [9.17, 15) is 19.1 Å². The summed E-state index contributed by atoms with van der Waals surface area (Å²) in [5.41, 5.74) is 5.95. The van der Waals surface area contributed by atoms with Crippen LogP contribution in [0.4, 0.5) is 9.18 Å². The summed E-state index contributed by atoms with van der Waals surface area (Å²) in [6.45, 7) is 0.0760. The Balaban J connectivity index is 1.25. The third-order valence-electron chi connectivity index (χ3n) is 6.49. The Labute approximate surface area is 208 Å². The van der Waals surface area contributed by atoms with Crippen LogP contribution in [0.1, 0.15) is 22.6 Å². The van der Waals surface area contributed by atoms with Crippen molar-refractivity contribution in [3.63, 3.8) is 0 Å². The Morgan fingerprint density at radius 1 is 0.833 bits per heavy atom. The van der Waals surface area contributed by atoms with E-state index in [2.05, 4.69) is 5.32 Å². The van der Waals surface area contributed by atoms with Gasteiger partial charge in [-0.05, 0) is 39.4 Å². The Morgan fingerprint density at radius 3 is 2.06 bits per heavy atom. The number of hydrogen-bond donors (Lipinski definition) is 2. The number of rotatable bonds is 7. The van der Waals surface area contributed by atoms with Gasteiger partial charge in [-0.2, -0.15) is 0 Å². The van der Waals surface area contributed by atoms with Crippen LogP contribution in [0.5, 0.6) is 0 Å². The quantitative estimate of drug-likeness (QED) is 0.338. The molecule has 0 heterocycles. The molecule has 0 bridgehead atoms. The van der Waals surface area contributed by atoms with Gasteiger partial charge >= 0.3 is 12.1 Å². The van der Waals surface area contributed by atoms with Crippen LogP contribution in [0.2, 0.25) is 0 Å². The van der Waals surface area contributed by atoms with E-state index >= 15 is 0 Å². The molecule has 0 fully saturated rings. The largest absolute Gasteiger partial charge is 0.480 e. The zero-order valence-electron chi connectivity index (χ0n) is 19.4. The van der Waals surface area contributed by atoms with E-state index in [1.54, 1.807) is 24.3 Å². The van der Waals surface area contributed by atoms with Crippen LogP contribution in [0.25, 0.3) is 22.3 Å². The van der Waals surface area contributed by atoms with E-state index < -0.39 is 23.9 Å². The lowest BCUT2D eigenvalue weighted by molar-refractivity contribution is -0.139. The number of amides is 1. The van der Waals surface area contributed by atoms with Gasteiger partial charge in [0, 0.05) is 17.9 Å². The van der Waals surface area contributed by atoms with Crippen LogP contribution in [-0.4, -0.2) is 29.8 Å². The zero-order valence-corrected chi connectivity index (χ0v) is 19.4. The molecule has 0 saturated heterocycles. The van der Waals surface area contributed by atoms with Gasteiger partial charge in [0.1, 0.15) is 18.5 Å². The smallest absolute Gasteiger partial charge is 0.407 e. The van der Waals surface area contributed by atoms with Crippen LogP contribution in [0, 0.1) is 5.82 Å². The second-order valence-corrected chi connectivity index (χ2v) is 8.75. The number of carboxylic acids is 1. The van der Waals surface area contributed by atoms with E-state index in [0.29, 0.717) is 11.1 Å². The second kappa shape index (κ2) is 10.0. The second-order valence-electron chi connectivity index (χ2n) is 8.75. The summed E-state index contributed by atoms with van der Waals surface area (Å²) in [7, 11) is 0. The van der Waals surface area contributed by atoms with Crippen LogP contribution in [-0.2, 0) is 16.0 Å². The Morgan fingerprint density at radius 2 is 1.44 bits per heavy atom. The summed E-state index contributed by atoms with van der Waals surface area (Å²) in [6, 6.07) is 28.3. The minimum Gasteiger partial charge on any atom is -0.480 e. The molecule has 6 heteroatoms. The van der Waals surface area contributed by atoms with Gasteiger partial charge in [0.2, 0.25) is 0 Å². The summed E-state index contributed by atoms with van der Waals surface area (Å²) < 4.78 is 20.2. The maximum atomic E-state index is 14.7. The van der Waals surface area contributed by atoms with Crippen molar-refractivity contribution in [1.29, 1.82) is 0 Å². The third kappa shape index (κ3) is 4.70. The van der Waals surface area contributed by atoms with Gasteiger partial charge in [-0.3, -0.25) is 0 Å². The first kappa shape index (κ1) is 23.3. The van der Waals surface area contributed by atoms with E-state index in [1.807, 2.05) is 66.7 Å². The molecule has 5 rings (SSSR count). The van der Waals surface area contributed by atoms with Crippen molar-refractivity contribution in [2.45, 2.75) is 18.4 Å². The molecule has 0 spiro atoms. The Kier molecular flexibility index (Phi) is 6.50. The normalized spacial score (nSPS) is 12.9. The average molecular weight is 482 g/mol. The monoisotopic (exact) mass is 481 g/mol. The highest BCUT2D eigenvalue weighted by Gasteiger charge is 2.30. The van der Waals surface area contributed by atoms with E-state index in [0.717, 1.165) is 27.8 Å². The van der Waals surface area contributed by atoms with Crippen molar-refractivity contribution >= 4 is 12.1 Å². The number of ether oxygens (including phenoxy) is 1. The lowest BCUT2D eigenvalue weighted by Crippen LogP contribution is -2.42. The molecular formula is C30H24FNO4. The highest BCUT2D eigenvalue weighted by atomic mass is 19.1. The van der Waals surface area contributed by atoms with Crippen molar-refractivity contribution < 1.29 is 23.8 Å². The number of halogens is 1. The van der Waals surface area contributed by atoms with Crippen molar-refractivity contribution in [2.75, 3.05) is 6.61 Å². The average Bonchev–Trinajstić information content (AvgIpc) is 3.21. The predicted octanol–water partition coefficient (Wildman–Crippen LogP) is 6.03. The maximum absolute atomic E-state index is 14.7. The van der Waals surface area contributed by atoms with E-state index in [4.69, 9.17) is 4.74 Å². The van der Waals surface area contributed by atoms with Gasteiger partial charge in [0.05, 0.1) is 0 Å². The fraction of sp³-hybridized carbons (Fsp3) is 0.133. The van der Waals surface area contributed by atoms with Crippen LogP contribution >= 0.6 is 0 Å². The number of carbonyl (C=O) groups is 2. The molecule has 180 valence electrons. The third-order valence-corrected chi connectivity index (χ3v) is 6.49. The summed E-state index contributed by atoms with van der Waals surface area (Å²) in [5, 5.41) is 12.1. The molecule has 1 amide bonds. The van der Waals surface area contributed by atoms with Crippen molar-refractivity contribution in [3.05, 3.63) is 120 Å². The number of alkyl carbamates (subject to hydrolysis) is 1. The molecule has 1 aliphatic carbocycles. The first-order valence-corrected chi connectivity index (χ1v) is 11.7. The molecule has 0 aromatic heterocycles. The molecule has 0 saturated carbocycles. The van der Waals surface area contributed by atoms with Gasteiger partial charge in [-0.25, -0.2) is 14.0 Å². The van der Waals surface area contributed by atoms with Crippen LogP contribution in [0.15, 0.2) is 97.1 Å². The number of nitrogens with one attached hydrogen (secondary N) is 1. The lowest BCUT2D eigenvalue weighted by Gasteiger charge is -2.18. The fourth-order valence-electron chi connectivity index (χ4n) is 4.76. The number of carboxylic acid groups (broad SMARTS) is 1. The van der Waals surface area contributed by atoms with Gasteiger partial charge in [0.25, 0.3) is 0 Å². The molecule has 1 atom stereocenters. The summed E-state index contributed by atoms with van der Waals surface area (Å²) >= 11 is 0. The molecule has 2 N–H and O–H groups in total. The summed E-state index contributed by atoms with van der Waals surface area (Å²) in [6.07, 6.45) is -0.906. The SMILES string of the molecule is O=C(N[C@@H](Cc1ccc(-c2ccccc2)c(F)c1)C(=O)O)OCC1c2ccccc2-c2ccccc21. The van der Waals surface area contributed by atoms with Gasteiger partial charge in [-0.15, -0.1) is 0 Å². The molecule has 4 aromatic carbocycles.